The second-order valence-electron chi connectivity index (χ2n) is 5.84. The molecule has 0 radical (unpaired) electrons. The quantitative estimate of drug-likeness (QED) is 0.754. The van der Waals surface area contributed by atoms with Crippen LogP contribution in [-0.4, -0.2) is 31.7 Å². The van der Waals surface area contributed by atoms with Crippen LogP contribution < -0.4 is 10.6 Å². The lowest BCUT2D eigenvalue weighted by atomic mass is 10.1. The van der Waals surface area contributed by atoms with Crippen LogP contribution in [0.2, 0.25) is 0 Å². The minimum Gasteiger partial charge on any atom is -0.478 e. The summed E-state index contributed by atoms with van der Waals surface area (Å²) < 4.78 is 15.6. The lowest BCUT2D eigenvalue weighted by Crippen LogP contribution is -2.33. The van der Waals surface area contributed by atoms with Crippen molar-refractivity contribution in [2.45, 2.75) is 6.92 Å². The number of aromatic carboxylic acids is 1. The highest BCUT2D eigenvalue weighted by Gasteiger charge is 2.19. The van der Waals surface area contributed by atoms with E-state index in [0.29, 0.717) is 10.6 Å². The monoisotopic (exact) mass is 377 g/mol. The number of hydrogen-bond donors (Lipinski definition) is 1. The molecule has 0 aliphatic rings. The third-order valence-electron chi connectivity index (χ3n) is 4.02. The van der Waals surface area contributed by atoms with Gasteiger partial charge in [0.05, 0.1) is 10.9 Å². The lowest BCUT2D eigenvalue weighted by Gasteiger charge is -2.02. The standard InChI is InChI=1S/C21H16FN3O3/c1-3-4-8-18-13(2)19(15-10-9-14(21(27)28)12-16(15)22)24-25(18)20(26)17-7-5-6-11-23-17/h3-12H,2H2,1H3,(H,27,28)/b4-3-,18-8+. The lowest BCUT2D eigenvalue weighted by molar-refractivity contribution is 0.0696. The van der Waals surface area contributed by atoms with Gasteiger partial charge in [-0.25, -0.2) is 9.18 Å². The number of carbonyl (C=O) groups is 2. The Bertz CT molecular complexity index is 1200. The normalized spacial score (nSPS) is 11.9. The fraction of sp³-hybridized carbons (Fsp3) is 0.0476. The zero-order valence-corrected chi connectivity index (χ0v) is 15.0. The number of aromatic nitrogens is 3. The van der Waals surface area contributed by atoms with Gasteiger partial charge in [0.25, 0.3) is 5.91 Å². The molecule has 0 amide bonds. The summed E-state index contributed by atoms with van der Waals surface area (Å²) in [6, 6.07) is 8.40. The molecule has 0 aliphatic carbocycles. The smallest absolute Gasteiger partial charge is 0.335 e. The summed E-state index contributed by atoms with van der Waals surface area (Å²) >= 11 is 0. The van der Waals surface area contributed by atoms with E-state index in [9.17, 15) is 14.0 Å². The van der Waals surface area contributed by atoms with Crippen molar-refractivity contribution in [1.29, 1.82) is 0 Å². The minimum atomic E-state index is -1.24. The first-order valence-electron chi connectivity index (χ1n) is 8.34. The van der Waals surface area contributed by atoms with E-state index in [1.54, 1.807) is 36.4 Å². The average Bonchev–Trinajstić information content (AvgIpc) is 3.02. The number of nitrogens with zero attached hydrogens (tertiary/aromatic N) is 3. The number of rotatable bonds is 4. The van der Waals surface area contributed by atoms with Gasteiger partial charge in [-0.1, -0.05) is 24.8 Å². The number of benzene rings is 1. The highest BCUT2D eigenvalue weighted by Crippen LogP contribution is 2.19. The zero-order chi connectivity index (χ0) is 20.3. The van der Waals surface area contributed by atoms with Gasteiger partial charge in [-0.15, -0.1) is 0 Å². The molecule has 2 aromatic heterocycles. The number of carbonyl (C=O) groups excluding carboxylic acids is 1. The maximum Gasteiger partial charge on any atom is 0.335 e. The summed E-state index contributed by atoms with van der Waals surface area (Å²) in [6.07, 6.45) is 6.61. The van der Waals surface area contributed by atoms with E-state index in [-0.39, 0.29) is 22.5 Å². The Morgan fingerprint density at radius 3 is 2.64 bits per heavy atom. The summed E-state index contributed by atoms with van der Waals surface area (Å²) in [4.78, 5) is 27.9. The Balaban J connectivity index is 2.23. The van der Waals surface area contributed by atoms with E-state index in [1.165, 1.54) is 18.3 Å². The van der Waals surface area contributed by atoms with Gasteiger partial charge in [-0.2, -0.15) is 9.78 Å². The summed E-state index contributed by atoms with van der Waals surface area (Å²) in [6.45, 7) is 5.75. The van der Waals surface area contributed by atoms with Crippen LogP contribution in [0.15, 0.2) is 54.7 Å². The molecule has 0 saturated carbocycles. The Kier molecular flexibility index (Phi) is 5.26. The van der Waals surface area contributed by atoms with Crippen molar-refractivity contribution in [2.75, 3.05) is 0 Å². The number of carboxylic acid groups (broad SMARTS) is 1. The predicted molar refractivity (Wildman–Crippen MR) is 103 cm³/mol. The number of pyridine rings is 1. The third kappa shape index (κ3) is 3.50. The van der Waals surface area contributed by atoms with Crippen LogP contribution in [0.5, 0.6) is 0 Å². The van der Waals surface area contributed by atoms with E-state index in [1.807, 2.05) is 6.92 Å². The summed E-state index contributed by atoms with van der Waals surface area (Å²) in [5, 5.41) is 14.0. The molecule has 0 atom stereocenters. The molecule has 2 heterocycles. The van der Waals surface area contributed by atoms with Crippen LogP contribution in [0.3, 0.4) is 0 Å². The van der Waals surface area contributed by atoms with Crippen molar-refractivity contribution in [3.05, 3.63) is 82.4 Å². The zero-order valence-electron chi connectivity index (χ0n) is 15.0. The highest BCUT2D eigenvalue weighted by molar-refractivity contribution is 5.94. The second-order valence-corrected chi connectivity index (χ2v) is 5.84. The number of carboxylic acids is 1. The first kappa shape index (κ1) is 18.9. The molecular formula is C21H16FN3O3. The van der Waals surface area contributed by atoms with E-state index in [2.05, 4.69) is 16.7 Å². The van der Waals surface area contributed by atoms with E-state index < -0.39 is 17.7 Å². The van der Waals surface area contributed by atoms with Crippen molar-refractivity contribution >= 4 is 24.5 Å². The Labute approximate surface area is 159 Å². The molecule has 0 spiro atoms. The molecule has 3 rings (SSSR count). The average molecular weight is 377 g/mol. The first-order chi connectivity index (χ1) is 13.4. The van der Waals surface area contributed by atoms with Crippen molar-refractivity contribution in [1.82, 2.24) is 14.8 Å². The Morgan fingerprint density at radius 1 is 1.25 bits per heavy atom. The third-order valence-corrected chi connectivity index (χ3v) is 4.02. The van der Waals surface area contributed by atoms with Crippen molar-refractivity contribution in [3.8, 4) is 11.3 Å². The van der Waals surface area contributed by atoms with Gasteiger partial charge < -0.3 is 5.11 Å². The second kappa shape index (κ2) is 7.79. The summed E-state index contributed by atoms with van der Waals surface area (Å²) in [5.74, 6) is -2.49. The van der Waals surface area contributed by atoms with Crippen LogP contribution >= 0.6 is 0 Å². The van der Waals surface area contributed by atoms with E-state index in [0.717, 1.165) is 10.7 Å². The molecule has 0 aliphatic heterocycles. The van der Waals surface area contributed by atoms with Gasteiger partial charge in [0.1, 0.15) is 17.2 Å². The fourth-order valence-electron chi connectivity index (χ4n) is 2.63. The van der Waals surface area contributed by atoms with Gasteiger partial charge in [-0.3, -0.25) is 9.78 Å². The predicted octanol–water partition coefficient (Wildman–Crippen LogP) is 2.24. The first-order valence-corrected chi connectivity index (χ1v) is 8.34. The maximum atomic E-state index is 14.5. The van der Waals surface area contributed by atoms with Crippen LogP contribution in [0, 0.1) is 5.82 Å². The minimum absolute atomic E-state index is 0.0534. The van der Waals surface area contributed by atoms with Gasteiger partial charge >= 0.3 is 5.97 Å². The Hall–Kier alpha value is -3.87. The summed E-state index contributed by atoms with van der Waals surface area (Å²) in [7, 11) is 0. The van der Waals surface area contributed by atoms with Crippen LogP contribution in [-0.2, 0) is 0 Å². The molecule has 28 heavy (non-hydrogen) atoms. The molecule has 1 N–H and O–H groups in total. The van der Waals surface area contributed by atoms with Gasteiger partial charge in [0, 0.05) is 17.0 Å². The SMILES string of the molecule is C=c1c(-c2ccc(C(=O)O)cc2F)nn(C(=O)c2ccccn2)/c1=C/C=C\C. The van der Waals surface area contributed by atoms with Crippen LogP contribution in [0.1, 0.15) is 27.8 Å². The van der Waals surface area contributed by atoms with Crippen molar-refractivity contribution in [2.24, 2.45) is 0 Å². The van der Waals surface area contributed by atoms with Gasteiger partial charge in [0.2, 0.25) is 0 Å². The molecular weight excluding hydrogens is 361 g/mol. The van der Waals surface area contributed by atoms with Crippen molar-refractivity contribution in [3.63, 3.8) is 0 Å². The van der Waals surface area contributed by atoms with Crippen molar-refractivity contribution < 1.29 is 19.1 Å². The van der Waals surface area contributed by atoms with Gasteiger partial charge in [-0.05, 0) is 43.3 Å². The molecule has 1 aromatic carbocycles. The summed E-state index contributed by atoms with van der Waals surface area (Å²) in [5.41, 5.74) is 0.192. The largest absolute Gasteiger partial charge is 0.478 e. The highest BCUT2D eigenvalue weighted by atomic mass is 19.1. The molecule has 6 nitrogen and oxygen atoms in total. The molecule has 0 unspecified atom stereocenters. The molecule has 0 saturated heterocycles. The van der Waals surface area contributed by atoms with Gasteiger partial charge in [0.15, 0.2) is 0 Å². The fourth-order valence-corrected chi connectivity index (χ4v) is 2.63. The number of hydrogen-bond acceptors (Lipinski definition) is 4. The molecule has 0 fully saturated rings. The molecule has 140 valence electrons. The topological polar surface area (TPSA) is 85.1 Å². The number of halogens is 1. The molecule has 0 bridgehead atoms. The molecule has 3 aromatic rings. The van der Waals surface area contributed by atoms with Crippen LogP contribution in [0.25, 0.3) is 23.9 Å². The number of allylic oxidation sites excluding steroid dienone is 2. The maximum absolute atomic E-state index is 14.5. The molecule has 7 heteroatoms. The van der Waals surface area contributed by atoms with E-state index in [4.69, 9.17) is 5.11 Å². The Morgan fingerprint density at radius 2 is 2.04 bits per heavy atom. The van der Waals surface area contributed by atoms with E-state index >= 15 is 0 Å². The van der Waals surface area contributed by atoms with Crippen LogP contribution in [0.4, 0.5) is 4.39 Å².